The number of nitrogens with one attached hydrogen (secondary N) is 1. The third kappa shape index (κ3) is 2.84. The summed E-state index contributed by atoms with van der Waals surface area (Å²) >= 11 is 6.20. The van der Waals surface area contributed by atoms with Gasteiger partial charge in [-0.2, -0.15) is 0 Å². The van der Waals surface area contributed by atoms with E-state index in [0.717, 1.165) is 10.9 Å². The molecular formula is C16H12ClN3O2. The molecule has 0 aliphatic rings. The number of benzene rings is 2. The van der Waals surface area contributed by atoms with Gasteiger partial charge < -0.3 is 10.4 Å². The molecule has 0 atom stereocenters. The first-order valence-corrected chi connectivity index (χ1v) is 7.00. The van der Waals surface area contributed by atoms with E-state index in [1.54, 1.807) is 6.07 Å². The molecule has 2 aromatic carbocycles. The van der Waals surface area contributed by atoms with Gasteiger partial charge in [-0.15, -0.1) is 0 Å². The van der Waals surface area contributed by atoms with Crippen molar-refractivity contribution in [2.75, 3.05) is 11.9 Å². The Morgan fingerprint density at radius 2 is 1.82 bits per heavy atom. The number of carboxylic acids is 1. The monoisotopic (exact) mass is 313 g/mol. The second-order valence-electron chi connectivity index (χ2n) is 4.64. The highest BCUT2D eigenvalue weighted by Gasteiger charge is 2.11. The molecule has 0 bridgehead atoms. The lowest BCUT2D eigenvalue weighted by molar-refractivity contribution is -0.134. The van der Waals surface area contributed by atoms with Gasteiger partial charge in [0, 0.05) is 10.9 Å². The van der Waals surface area contributed by atoms with Gasteiger partial charge in [0.05, 0.1) is 10.5 Å². The Balaban J connectivity index is 2.16. The van der Waals surface area contributed by atoms with E-state index in [1.165, 1.54) is 0 Å². The Hall–Kier alpha value is -2.66. The quantitative estimate of drug-likeness (QED) is 0.771. The molecule has 0 unspecified atom stereocenters. The van der Waals surface area contributed by atoms with Crippen molar-refractivity contribution in [3.8, 4) is 11.4 Å². The van der Waals surface area contributed by atoms with Crippen LogP contribution in [0.4, 0.5) is 5.82 Å². The molecule has 22 heavy (non-hydrogen) atoms. The molecule has 6 heteroatoms. The molecule has 3 aromatic rings. The fraction of sp³-hybridized carbons (Fsp3) is 0.0625. The fourth-order valence-electron chi connectivity index (χ4n) is 2.13. The Morgan fingerprint density at radius 1 is 1.09 bits per heavy atom. The molecule has 0 radical (unpaired) electrons. The SMILES string of the molecule is O=C(O)CNc1nc(-c2ccccc2Cl)nc2ccccc12. The van der Waals surface area contributed by atoms with Gasteiger partial charge in [0.2, 0.25) is 0 Å². The van der Waals surface area contributed by atoms with Gasteiger partial charge in [0.1, 0.15) is 12.4 Å². The minimum atomic E-state index is -0.956. The molecule has 0 saturated carbocycles. The lowest BCUT2D eigenvalue weighted by Gasteiger charge is -2.10. The standard InChI is InChI=1S/C16H12ClN3O2/c17-12-7-3-1-5-10(12)16-19-13-8-4-2-6-11(13)15(20-16)18-9-14(21)22/h1-8H,9H2,(H,21,22)(H,18,19,20). The normalized spacial score (nSPS) is 10.6. The predicted octanol–water partition coefficient (Wildman–Crippen LogP) is 3.45. The molecule has 3 rings (SSSR count). The van der Waals surface area contributed by atoms with Gasteiger partial charge in [-0.1, -0.05) is 35.9 Å². The molecule has 1 aromatic heterocycles. The van der Waals surface area contributed by atoms with Gasteiger partial charge >= 0.3 is 5.97 Å². The number of nitrogens with zero attached hydrogens (tertiary/aromatic N) is 2. The Kier molecular flexibility index (Phi) is 3.89. The average Bonchev–Trinajstić information content (AvgIpc) is 2.52. The van der Waals surface area contributed by atoms with Crippen LogP contribution in [0.5, 0.6) is 0 Å². The smallest absolute Gasteiger partial charge is 0.322 e. The highest BCUT2D eigenvalue weighted by Crippen LogP contribution is 2.28. The second kappa shape index (κ2) is 5.99. The number of hydrogen-bond donors (Lipinski definition) is 2. The molecular weight excluding hydrogens is 302 g/mol. The number of carbonyl (C=O) groups is 1. The van der Waals surface area contributed by atoms with E-state index in [-0.39, 0.29) is 6.54 Å². The van der Waals surface area contributed by atoms with E-state index >= 15 is 0 Å². The van der Waals surface area contributed by atoms with Crippen LogP contribution in [0.25, 0.3) is 22.3 Å². The maximum Gasteiger partial charge on any atom is 0.322 e. The van der Waals surface area contributed by atoms with Crippen LogP contribution in [0, 0.1) is 0 Å². The Morgan fingerprint density at radius 3 is 2.59 bits per heavy atom. The minimum Gasteiger partial charge on any atom is -0.480 e. The van der Waals surface area contributed by atoms with Crippen molar-refractivity contribution in [1.82, 2.24) is 9.97 Å². The minimum absolute atomic E-state index is 0.219. The second-order valence-corrected chi connectivity index (χ2v) is 5.05. The summed E-state index contributed by atoms with van der Waals surface area (Å²) in [6, 6.07) is 14.7. The van der Waals surface area contributed by atoms with Crippen LogP contribution in [0.15, 0.2) is 48.5 Å². The zero-order valence-electron chi connectivity index (χ0n) is 11.5. The predicted molar refractivity (Wildman–Crippen MR) is 86.1 cm³/mol. The van der Waals surface area contributed by atoms with E-state index in [1.807, 2.05) is 42.5 Å². The number of para-hydroxylation sites is 1. The zero-order chi connectivity index (χ0) is 15.5. The number of anilines is 1. The molecule has 2 N–H and O–H groups in total. The first-order chi connectivity index (χ1) is 10.6. The summed E-state index contributed by atoms with van der Waals surface area (Å²) in [5.41, 5.74) is 1.42. The first kappa shape index (κ1) is 14.3. The van der Waals surface area contributed by atoms with Crippen LogP contribution < -0.4 is 5.32 Å². The van der Waals surface area contributed by atoms with Crippen molar-refractivity contribution in [3.63, 3.8) is 0 Å². The average molecular weight is 314 g/mol. The van der Waals surface area contributed by atoms with Gasteiger partial charge in [-0.3, -0.25) is 4.79 Å². The molecule has 110 valence electrons. The molecule has 5 nitrogen and oxygen atoms in total. The maximum atomic E-state index is 10.8. The summed E-state index contributed by atoms with van der Waals surface area (Å²) < 4.78 is 0. The zero-order valence-corrected chi connectivity index (χ0v) is 12.2. The first-order valence-electron chi connectivity index (χ1n) is 6.62. The largest absolute Gasteiger partial charge is 0.480 e. The summed E-state index contributed by atoms with van der Waals surface area (Å²) in [6.07, 6.45) is 0. The van der Waals surface area contributed by atoms with Crippen LogP contribution in [0.2, 0.25) is 5.02 Å². The third-order valence-corrected chi connectivity index (χ3v) is 3.45. The number of carboxylic acid groups (broad SMARTS) is 1. The summed E-state index contributed by atoms with van der Waals surface area (Å²) in [6.45, 7) is -0.219. The topological polar surface area (TPSA) is 75.1 Å². The number of rotatable bonds is 4. The highest BCUT2D eigenvalue weighted by molar-refractivity contribution is 6.33. The van der Waals surface area contributed by atoms with E-state index in [2.05, 4.69) is 15.3 Å². The fourth-order valence-corrected chi connectivity index (χ4v) is 2.35. The van der Waals surface area contributed by atoms with E-state index in [9.17, 15) is 4.79 Å². The van der Waals surface area contributed by atoms with E-state index < -0.39 is 5.97 Å². The maximum absolute atomic E-state index is 10.8. The number of aliphatic carboxylic acids is 1. The molecule has 0 spiro atoms. The molecule has 1 heterocycles. The van der Waals surface area contributed by atoms with Crippen molar-refractivity contribution < 1.29 is 9.90 Å². The molecule has 0 fully saturated rings. The van der Waals surface area contributed by atoms with Crippen LogP contribution >= 0.6 is 11.6 Å². The van der Waals surface area contributed by atoms with E-state index in [0.29, 0.717) is 22.2 Å². The molecule has 0 aliphatic heterocycles. The van der Waals surface area contributed by atoms with Crippen molar-refractivity contribution in [3.05, 3.63) is 53.6 Å². The summed E-state index contributed by atoms with van der Waals surface area (Å²) in [5.74, 6) is -0.0258. The summed E-state index contributed by atoms with van der Waals surface area (Å²) in [7, 11) is 0. The van der Waals surface area contributed by atoms with Gasteiger partial charge in [-0.05, 0) is 24.3 Å². The number of hydrogen-bond acceptors (Lipinski definition) is 4. The number of aromatic nitrogens is 2. The van der Waals surface area contributed by atoms with Gasteiger partial charge in [0.15, 0.2) is 5.82 Å². The highest BCUT2D eigenvalue weighted by atomic mass is 35.5. The van der Waals surface area contributed by atoms with Crippen LogP contribution in [-0.4, -0.2) is 27.6 Å². The lowest BCUT2D eigenvalue weighted by atomic mass is 10.2. The van der Waals surface area contributed by atoms with Crippen molar-refractivity contribution >= 4 is 34.3 Å². The lowest BCUT2D eigenvalue weighted by Crippen LogP contribution is -2.14. The van der Waals surface area contributed by atoms with E-state index in [4.69, 9.17) is 16.7 Å². The van der Waals surface area contributed by atoms with Crippen molar-refractivity contribution in [2.24, 2.45) is 0 Å². The Bertz CT molecular complexity index is 852. The number of fused-ring (bicyclic) bond motifs is 1. The molecule has 0 amide bonds. The third-order valence-electron chi connectivity index (χ3n) is 3.13. The van der Waals surface area contributed by atoms with Crippen molar-refractivity contribution in [2.45, 2.75) is 0 Å². The summed E-state index contributed by atoms with van der Waals surface area (Å²) in [5, 5.41) is 13.0. The Labute approximate surface area is 131 Å². The molecule has 0 saturated heterocycles. The van der Waals surface area contributed by atoms with Gasteiger partial charge in [-0.25, -0.2) is 9.97 Å². The number of halogens is 1. The van der Waals surface area contributed by atoms with Gasteiger partial charge in [0.25, 0.3) is 0 Å². The molecule has 0 aliphatic carbocycles. The van der Waals surface area contributed by atoms with Crippen LogP contribution in [0.3, 0.4) is 0 Å². The summed E-state index contributed by atoms with van der Waals surface area (Å²) in [4.78, 5) is 19.7. The van der Waals surface area contributed by atoms with Crippen LogP contribution in [0.1, 0.15) is 0 Å². The van der Waals surface area contributed by atoms with Crippen molar-refractivity contribution in [1.29, 1.82) is 0 Å². The van der Waals surface area contributed by atoms with Crippen LogP contribution in [-0.2, 0) is 4.79 Å².